The highest BCUT2D eigenvalue weighted by Gasteiger charge is 2.11. The number of para-hydroxylation sites is 2. The molecule has 4 rings (SSSR count). The zero-order valence-corrected chi connectivity index (χ0v) is 15.6. The first-order valence-corrected chi connectivity index (χ1v) is 9.17. The van der Waals surface area contributed by atoms with E-state index in [1.165, 1.54) is 0 Å². The van der Waals surface area contributed by atoms with Gasteiger partial charge in [0.25, 0.3) is 0 Å². The molecular formula is C23H21N3O2. The van der Waals surface area contributed by atoms with Gasteiger partial charge >= 0.3 is 0 Å². The van der Waals surface area contributed by atoms with Crippen LogP contribution in [0.15, 0.2) is 78.9 Å². The molecule has 0 spiro atoms. The molecule has 1 N–H and O–H groups in total. The summed E-state index contributed by atoms with van der Waals surface area (Å²) in [6, 6.07) is 25.2. The van der Waals surface area contributed by atoms with Crippen molar-refractivity contribution in [2.75, 3.05) is 5.32 Å². The Balaban J connectivity index is 1.37. The van der Waals surface area contributed by atoms with Gasteiger partial charge in [-0.05, 0) is 48.9 Å². The molecule has 0 fully saturated rings. The van der Waals surface area contributed by atoms with Crippen LogP contribution < -0.4 is 10.1 Å². The third kappa shape index (κ3) is 4.04. The fraction of sp³-hybridized carbons (Fsp3) is 0.130. The second kappa shape index (κ2) is 7.96. The zero-order chi connectivity index (χ0) is 19.3. The molecule has 0 radical (unpaired) electrons. The standard InChI is InChI=1S/C23H21N3O2/c1-17-24-21-9-5-6-10-22(21)26(17)15-23(27)25-19-11-13-20(14-12-19)28-16-18-7-3-2-4-8-18/h2-14H,15-16H2,1H3,(H,25,27). The van der Waals surface area contributed by atoms with Crippen molar-refractivity contribution >= 4 is 22.6 Å². The van der Waals surface area contributed by atoms with E-state index in [4.69, 9.17) is 4.74 Å². The minimum absolute atomic E-state index is 0.0933. The van der Waals surface area contributed by atoms with Crippen LogP contribution in [0.4, 0.5) is 5.69 Å². The summed E-state index contributed by atoms with van der Waals surface area (Å²) in [5, 5.41) is 2.93. The van der Waals surface area contributed by atoms with Crippen molar-refractivity contribution in [3.63, 3.8) is 0 Å². The Hall–Kier alpha value is -3.60. The van der Waals surface area contributed by atoms with Crippen LogP contribution in [-0.4, -0.2) is 15.5 Å². The summed E-state index contributed by atoms with van der Waals surface area (Å²) < 4.78 is 7.69. The second-order valence-corrected chi connectivity index (χ2v) is 6.58. The first kappa shape index (κ1) is 17.8. The Bertz CT molecular complexity index is 1090. The van der Waals surface area contributed by atoms with Crippen LogP contribution in [0.2, 0.25) is 0 Å². The number of amides is 1. The largest absolute Gasteiger partial charge is 0.489 e. The zero-order valence-electron chi connectivity index (χ0n) is 15.6. The molecule has 0 atom stereocenters. The van der Waals surface area contributed by atoms with Crippen LogP contribution in [0.25, 0.3) is 11.0 Å². The van der Waals surface area contributed by atoms with Gasteiger partial charge in [0.05, 0.1) is 11.0 Å². The average molecular weight is 371 g/mol. The molecule has 1 heterocycles. The van der Waals surface area contributed by atoms with E-state index in [9.17, 15) is 4.79 Å². The first-order chi connectivity index (χ1) is 13.7. The van der Waals surface area contributed by atoms with E-state index in [-0.39, 0.29) is 12.5 Å². The molecule has 28 heavy (non-hydrogen) atoms. The van der Waals surface area contributed by atoms with Crippen molar-refractivity contribution in [3.05, 3.63) is 90.3 Å². The summed E-state index contributed by atoms with van der Waals surface area (Å²) >= 11 is 0. The Morgan fingerprint density at radius 2 is 1.68 bits per heavy atom. The topological polar surface area (TPSA) is 56.2 Å². The van der Waals surface area contributed by atoms with Crippen LogP contribution in [0.5, 0.6) is 5.75 Å². The highest BCUT2D eigenvalue weighted by atomic mass is 16.5. The molecule has 0 saturated heterocycles. The minimum atomic E-state index is -0.0933. The fourth-order valence-corrected chi connectivity index (χ4v) is 3.12. The summed E-state index contributed by atoms with van der Waals surface area (Å²) in [5.74, 6) is 1.49. The van der Waals surface area contributed by atoms with E-state index in [1.807, 2.05) is 90.4 Å². The summed E-state index contributed by atoms with van der Waals surface area (Å²) in [4.78, 5) is 17.0. The van der Waals surface area contributed by atoms with E-state index in [1.54, 1.807) is 0 Å². The summed E-state index contributed by atoms with van der Waals surface area (Å²) in [6.07, 6.45) is 0. The molecule has 1 amide bonds. The molecule has 0 aliphatic carbocycles. The molecule has 5 heteroatoms. The van der Waals surface area contributed by atoms with Gasteiger partial charge in [0.15, 0.2) is 0 Å². The molecular weight excluding hydrogens is 350 g/mol. The molecule has 0 aliphatic rings. The Morgan fingerprint density at radius 1 is 0.964 bits per heavy atom. The number of rotatable bonds is 6. The van der Waals surface area contributed by atoms with Gasteiger partial charge in [-0.2, -0.15) is 0 Å². The molecule has 140 valence electrons. The van der Waals surface area contributed by atoms with Gasteiger partial charge in [-0.25, -0.2) is 4.98 Å². The SMILES string of the molecule is Cc1nc2ccccc2n1CC(=O)Nc1ccc(OCc2ccccc2)cc1. The molecule has 0 bridgehead atoms. The van der Waals surface area contributed by atoms with Gasteiger partial charge in [-0.3, -0.25) is 4.79 Å². The number of nitrogens with one attached hydrogen (secondary N) is 1. The molecule has 5 nitrogen and oxygen atoms in total. The monoisotopic (exact) mass is 371 g/mol. The number of hydrogen-bond donors (Lipinski definition) is 1. The number of benzene rings is 3. The van der Waals surface area contributed by atoms with Crippen molar-refractivity contribution in [1.29, 1.82) is 0 Å². The lowest BCUT2D eigenvalue weighted by molar-refractivity contribution is -0.116. The van der Waals surface area contributed by atoms with E-state index < -0.39 is 0 Å². The average Bonchev–Trinajstić information content (AvgIpc) is 3.03. The molecule has 4 aromatic rings. The number of imidazole rings is 1. The van der Waals surface area contributed by atoms with Crippen molar-refractivity contribution in [2.45, 2.75) is 20.1 Å². The minimum Gasteiger partial charge on any atom is -0.489 e. The second-order valence-electron chi connectivity index (χ2n) is 6.58. The quantitative estimate of drug-likeness (QED) is 0.540. The lowest BCUT2D eigenvalue weighted by Crippen LogP contribution is -2.19. The van der Waals surface area contributed by atoms with Crippen molar-refractivity contribution in [1.82, 2.24) is 9.55 Å². The van der Waals surface area contributed by atoms with Gasteiger partial charge in [-0.15, -0.1) is 0 Å². The number of anilines is 1. The van der Waals surface area contributed by atoms with Gasteiger partial charge in [0.2, 0.25) is 5.91 Å². The number of hydrogen-bond acceptors (Lipinski definition) is 3. The Labute approximate surface area is 163 Å². The van der Waals surface area contributed by atoms with Crippen LogP contribution in [0.3, 0.4) is 0 Å². The van der Waals surface area contributed by atoms with Gasteiger partial charge < -0.3 is 14.6 Å². The number of aromatic nitrogens is 2. The van der Waals surface area contributed by atoms with Crippen LogP contribution in [0.1, 0.15) is 11.4 Å². The summed E-state index contributed by atoms with van der Waals surface area (Å²) in [6.45, 7) is 2.64. The number of carbonyl (C=O) groups is 1. The van der Waals surface area contributed by atoms with Gasteiger partial charge in [0, 0.05) is 5.69 Å². The normalized spacial score (nSPS) is 10.8. The van der Waals surface area contributed by atoms with E-state index >= 15 is 0 Å². The number of aryl methyl sites for hydroxylation is 1. The highest BCUT2D eigenvalue weighted by molar-refractivity contribution is 5.91. The van der Waals surface area contributed by atoms with Crippen molar-refractivity contribution < 1.29 is 9.53 Å². The van der Waals surface area contributed by atoms with Gasteiger partial charge in [0.1, 0.15) is 24.7 Å². The lowest BCUT2D eigenvalue weighted by atomic mass is 10.2. The smallest absolute Gasteiger partial charge is 0.244 e. The predicted molar refractivity (Wildman–Crippen MR) is 110 cm³/mol. The van der Waals surface area contributed by atoms with Crippen molar-refractivity contribution in [3.8, 4) is 5.75 Å². The van der Waals surface area contributed by atoms with E-state index in [0.717, 1.165) is 33.9 Å². The van der Waals surface area contributed by atoms with Crippen molar-refractivity contribution in [2.24, 2.45) is 0 Å². The van der Waals surface area contributed by atoms with Crippen LogP contribution >= 0.6 is 0 Å². The predicted octanol–water partition coefficient (Wildman–Crippen LogP) is 4.56. The number of fused-ring (bicyclic) bond motifs is 1. The maximum Gasteiger partial charge on any atom is 0.244 e. The first-order valence-electron chi connectivity index (χ1n) is 9.17. The Morgan fingerprint density at radius 3 is 2.46 bits per heavy atom. The Kier molecular flexibility index (Phi) is 5.06. The molecule has 0 saturated carbocycles. The van der Waals surface area contributed by atoms with E-state index in [2.05, 4.69) is 10.3 Å². The number of nitrogens with zero attached hydrogens (tertiary/aromatic N) is 2. The lowest BCUT2D eigenvalue weighted by Gasteiger charge is -2.10. The van der Waals surface area contributed by atoms with Crippen LogP contribution in [-0.2, 0) is 17.9 Å². The molecule has 1 aromatic heterocycles. The molecule has 3 aromatic carbocycles. The summed E-state index contributed by atoms with van der Waals surface area (Å²) in [7, 11) is 0. The molecule has 0 unspecified atom stereocenters. The maximum absolute atomic E-state index is 12.5. The third-order valence-electron chi connectivity index (χ3n) is 4.53. The third-order valence-corrected chi connectivity index (χ3v) is 4.53. The van der Waals surface area contributed by atoms with E-state index in [0.29, 0.717) is 6.61 Å². The molecule has 0 aliphatic heterocycles. The summed E-state index contributed by atoms with van der Waals surface area (Å²) in [5.41, 5.74) is 3.70. The number of carbonyl (C=O) groups excluding carboxylic acids is 1. The highest BCUT2D eigenvalue weighted by Crippen LogP contribution is 2.18. The van der Waals surface area contributed by atoms with Gasteiger partial charge in [-0.1, -0.05) is 42.5 Å². The fourth-order valence-electron chi connectivity index (χ4n) is 3.12. The number of ether oxygens (including phenoxy) is 1. The maximum atomic E-state index is 12.5. The van der Waals surface area contributed by atoms with Crippen LogP contribution in [0, 0.1) is 6.92 Å².